The van der Waals surface area contributed by atoms with Crippen molar-refractivity contribution in [3.63, 3.8) is 0 Å². The highest BCUT2D eigenvalue weighted by Gasteiger charge is 2.12. The maximum Gasteiger partial charge on any atom is 0.271 e. The lowest BCUT2D eigenvalue weighted by Crippen LogP contribution is -1.87. The number of aryl methyl sites for hydroxylation is 1. The summed E-state index contributed by atoms with van der Waals surface area (Å²) in [7, 11) is 0. The van der Waals surface area contributed by atoms with E-state index >= 15 is 0 Å². The molecule has 0 fully saturated rings. The van der Waals surface area contributed by atoms with Gasteiger partial charge < -0.3 is 0 Å². The van der Waals surface area contributed by atoms with E-state index in [1.807, 2.05) is 29.8 Å². The molecule has 0 aliphatic carbocycles. The molecule has 78 valence electrons. The Bertz CT molecular complexity index is 535. The zero-order valence-electron chi connectivity index (χ0n) is 7.98. The smallest absolute Gasteiger partial charge is 0.258 e. The van der Waals surface area contributed by atoms with Crippen molar-refractivity contribution >= 4 is 39.5 Å². The molecule has 1 aromatic carbocycles. The van der Waals surface area contributed by atoms with Crippen LogP contribution in [-0.2, 0) is 6.42 Å². The third-order valence-electron chi connectivity index (χ3n) is 2.25. The first kappa shape index (κ1) is 10.3. The number of nitro benzene ring substituents is 1. The van der Waals surface area contributed by atoms with Crippen molar-refractivity contribution in [2.75, 3.05) is 0 Å². The number of fused-ring (bicyclic) bond motifs is 1. The summed E-state index contributed by atoms with van der Waals surface area (Å²) in [6.07, 6.45) is 0.824. The van der Waals surface area contributed by atoms with Gasteiger partial charge in [-0.3, -0.25) is 10.1 Å². The number of hydrogen-bond acceptors (Lipinski definition) is 3. The van der Waals surface area contributed by atoms with Crippen LogP contribution in [0.5, 0.6) is 0 Å². The summed E-state index contributed by atoms with van der Waals surface area (Å²) in [4.78, 5) is 10.2. The molecule has 0 bridgehead atoms. The molecule has 0 aliphatic heterocycles. The average molecular weight is 317 g/mol. The third-order valence-corrected chi connectivity index (χ3v) is 2.98. The van der Waals surface area contributed by atoms with Crippen molar-refractivity contribution < 1.29 is 4.92 Å². The van der Waals surface area contributed by atoms with Crippen molar-refractivity contribution in [3.05, 3.63) is 34.0 Å². The Morgan fingerprint density at radius 2 is 2.33 bits per heavy atom. The van der Waals surface area contributed by atoms with E-state index < -0.39 is 4.92 Å². The lowest BCUT2D eigenvalue weighted by molar-refractivity contribution is -0.384. The van der Waals surface area contributed by atoms with E-state index in [0.29, 0.717) is 0 Å². The molecule has 1 aromatic heterocycles. The summed E-state index contributed by atoms with van der Waals surface area (Å²) in [5.41, 5.74) is 1.86. The molecule has 2 rings (SSSR count). The van der Waals surface area contributed by atoms with Gasteiger partial charge in [-0.05, 0) is 12.5 Å². The van der Waals surface area contributed by atoms with E-state index in [4.69, 9.17) is 0 Å². The maximum absolute atomic E-state index is 10.6. The molecule has 0 radical (unpaired) electrons. The second kappa shape index (κ2) is 3.76. The molecule has 5 nitrogen and oxygen atoms in total. The Kier molecular flexibility index (Phi) is 2.59. The van der Waals surface area contributed by atoms with Crippen LogP contribution in [0, 0.1) is 10.1 Å². The Labute approximate surface area is 99.7 Å². The molecule has 0 aliphatic rings. The summed E-state index contributed by atoms with van der Waals surface area (Å²) in [5.74, 6) is 0. The first-order chi connectivity index (χ1) is 7.13. The number of halogens is 1. The Morgan fingerprint density at radius 1 is 1.60 bits per heavy atom. The largest absolute Gasteiger partial charge is 0.271 e. The summed E-state index contributed by atoms with van der Waals surface area (Å²) < 4.78 is 1.65. The molecule has 0 unspecified atom stereocenters. The van der Waals surface area contributed by atoms with E-state index in [9.17, 15) is 10.1 Å². The van der Waals surface area contributed by atoms with Crippen molar-refractivity contribution in [1.82, 2.24) is 7.99 Å². The fraction of sp³-hybridized carbons (Fsp3) is 0.222. The zero-order valence-corrected chi connectivity index (χ0v) is 10.1. The van der Waals surface area contributed by atoms with Crippen LogP contribution >= 0.6 is 22.9 Å². The fourth-order valence-corrected chi connectivity index (χ4v) is 2.16. The molecule has 0 saturated heterocycles. The fourth-order valence-electron chi connectivity index (χ4n) is 1.51. The normalized spacial score (nSPS) is 10.8. The van der Waals surface area contributed by atoms with Crippen LogP contribution < -0.4 is 0 Å². The maximum atomic E-state index is 10.6. The van der Waals surface area contributed by atoms with Crippen LogP contribution in [0.4, 0.5) is 5.69 Å². The number of nitro groups is 1. The predicted molar refractivity (Wildman–Crippen MR) is 65.2 cm³/mol. The van der Waals surface area contributed by atoms with Gasteiger partial charge in [0.1, 0.15) is 0 Å². The van der Waals surface area contributed by atoms with Gasteiger partial charge in [-0.25, -0.2) is 2.90 Å². The molecule has 0 atom stereocenters. The summed E-state index contributed by atoms with van der Waals surface area (Å²) >= 11 is 2.03. The highest BCUT2D eigenvalue weighted by molar-refractivity contribution is 14.1. The van der Waals surface area contributed by atoms with E-state index in [1.165, 1.54) is 6.07 Å². The van der Waals surface area contributed by atoms with E-state index in [-0.39, 0.29) is 5.69 Å². The molecule has 6 heteroatoms. The Balaban J connectivity index is 2.72. The van der Waals surface area contributed by atoms with Crippen LogP contribution in [0.2, 0.25) is 0 Å². The number of non-ortho nitro benzene ring substituents is 1. The SMILES string of the molecule is CCc1nn(I)c2cc([N+](=O)[O-])ccc12. The van der Waals surface area contributed by atoms with Crippen molar-refractivity contribution in [3.8, 4) is 0 Å². The van der Waals surface area contributed by atoms with Gasteiger partial charge in [-0.1, -0.05) is 6.92 Å². The first-order valence-electron chi connectivity index (χ1n) is 4.45. The van der Waals surface area contributed by atoms with Crippen LogP contribution in [0.3, 0.4) is 0 Å². The first-order valence-corrected chi connectivity index (χ1v) is 5.42. The molecule has 1 heterocycles. The minimum absolute atomic E-state index is 0.1000. The van der Waals surface area contributed by atoms with Crippen LogP contribution in [0.25, 0.3) is 10.9 Å². The third kappa shape index (κ3) is 1.69. The molecular weight excluding hydrogens is 309 g/mol. The number of hydrogen-bond donors (Lipinski definition) is 0. The molecule has 0 N–H and O–H groups in total. The van der Waals surface area contributed by atoms with Gasteiger partial charge in [-0.2, -0.15) is 5.10 Å². The standard InChI is InChI=1S/C9H8IN3O2/c1-2-8-7-4-3-6(13(14)15)5-9(7)12(10)11-8/h3-5H,2H2,1H3. The van der Waals surface area contributed by atoms with Gasteiger partial charge in [-0.15, -0.1) is 0 Å². The van der Waals surface area contributed by atoms with Crippen LogP contribution in [0.1, 0.15) is 12.6 Å². The minimum atomic E-state index is -0.394. The van der Waals surface area contributed by atoms with E-state index in [2.05, 4.69) is 5.10 Å². The molecule has 15 heavy (non-hydrogen) atoms. The lowest BCUT2D eigenvalue weighted by Gasteiger charge is -1.93. The Hall–Kier alpha value is -1.18. The van der Waals surface area contributed by atoms with Gasteiger partial charge in [0.05, 0.1) is 39.0 Å². The summed E-state index contributed by atoms with van der Waals surface area (Å²) in [6, 6.07) is 4.82. The van der Waals surface area contributed by atoms with Gasteiger partial charge in [0.25, 0.3) is 5.69 Å². The number of rotatable bonds is 2. The second-order valence-corrected chi connectivity index (χ2v) is 4.03. The predicted octanol–water partition coefficient (Wildman–Crippen LogP) is 2.71. The highest BCUT2D eigenvalue weighted by atomic mass is 127. The molecular formula is C9H8IN3O2. The van der Waals surface area contributed by atoms with E-state index in [0.717, 1.165) is 23.0 Å². The zero-order chi connectivity index (χ0) is 11.0. The monoisotopic (exact) mass is 317 g/mol. The van der Waals surface area contributed by atoms with Crippen LogP contribution in [-0.4, -0.2) is 12.9 Å². The molecule has 2 aromatic rings. The topological polar surface area (TPSA) is 61.0 Å². The number of benzene rings is 1. The van der Waals surface area contributed by atoms with Crippen molar-refractivity contribution in [1.29, 1.82) is 0 Å². The molecule has 0 saturated carbocycles. The Morgan fingerprint density at radius 3 is 2.93 bits per heavy atom. The minimum Gasteiger partial charge on any atom is -0.258 e. The number of aromatic nitrogens is 2. The average Bonchev–Trinajstić information content (AvgIpc) is 2.55. The summed E-state index contributed by atoms with van der Waals surface area (Å²) in [5, 5.41) is 15.9. The molecule has 0 spiro atoms. The molecule has 0 amide bonds. The number of nitrogens with zero attached hydrogens (tertiary/aromatic N) is 3. The van der Waals surface area contributed by atoms with Gasteiger partial charge >= 0.3 is 0 Å². The van der Waals surface area contributed by atoms with Crippen LogP contribution in [0.15, 0.2) is 18.2 Å². The van der Waals surface area contributed by atoms with Gasteiger partial charge in [0.15, 0.2) is 0 Å². The lowest BCUT2D eigenvalue weighted by atomic mass is 10.1. The quantitative estimate of drug-likeness (QED) is 0.486. The van der Waals surface area contributed by atoms with Gasteiger partial charge in [0.2, 0.25) is 0 Å². The second-order valence-electron chi connectivity index (χ2n) is 3.12. The van der Waals surface area contributed by atoms with Gasteiger partial charge in [0, 0.05) is 17.5 Å². The summed E-state index contributed by atoms with van der Waals surface area (Å²) in [6.45, 7) is 2.01. The van der Waals surface area contributed by atoms with Crippen molar-refractivity contribution in [2.24, 2.45) is 0 Å². The van der Waals surface area contributed by atoms with Crippen molar-refractivity contribution in [2.45, 2.75) is 13.3 Å². The highest BCUT2D eigenvalue weighted by Crippen LogP contribution is 2.25. The van der Waals surface area contributed by atoms with E-state index in [1.54, 1.807) is 15.0 Å².